The third-order valence-corrected chi connectivity index (χ3v) is 1.81. The number of nitrogens with two attached hydrogens (primary N) is 1. The van der Waals surface area contributed by atoms with Gasteiger partial charge < -0.3 is 15.6 Å². The zero-order chi connectivity index (χ0) is 11.8. The molecule has 0 aliphatic carbocycles. The van der Waals surface area contributed by atoms with Crippen LogP contribution in [-0.2, 0) is 14.3 Å². The zero-order valence-corrected chi connectivity index (χ0v) is 8.86. The third-order valence-electron chi connectivity index (χ3n) is 1.81. The molecule has 5 heteroatoms. The molecule has 0 aliphatic heterocycles. The van der Waals surface area contributed by atoms with Gasteiger partial charge in [0.2, 0.25) is 0 Å². The fourth-order valence-corrected chi connectivity index (χ4v) is 0.878. The van der Waals surface area contributed by atoms with Crippen LogP contribution in [-0.4, -0.2) is 29.7 Å². The van der Waals surface area contributed by atoms with Crippen molar-refractivity contribution in [1.29, 1.82) is 0 Å². The highest BCUT2D eigenvalue weighted by atomic mass is 16.5. The van der Waals surface area contributed by atoms with Gasteiger partial charge in [0, 0.05) is 5.57 Å². The molecule has 3 N–H and O–H groups in total. The summed E-state index contributed by atoms with van der Waals surface area (Å²) in [7, 11) is 0. The molecule has 0 aromatic rings. The first kappa shape index (κ1) is 13.6. The Balaban J connectivity index is 3.44. The predicted molar refractivity (Wildman–Crippen MR) is 55.2 cm³/mol. The number of esters is 1. The van der Waals surface area contributed by atoms with Crippen LogP contribution >= 0.6 is 0 Å². The first-order chi connectivity index (χ1) is 6.95. The molecule has 0 spiro atoms. The van der Waals surface area contributed by atoms with Gasteiger partial charge in [0.25, 0.3) is 0 Å². The standard InChI is InChI=1S/C10H17NO4/c1-7(2)10(14)15-6-4-3-5-8(11)9(12)13/h8H,1,3-6,11H2,2H3,(H,12,13). The number of hydrogen-bond acceptors (Lipinski definition) is 4. The summed E-state index contributed by atoms with van der Waals surface area (Å²) in [6.45, 7) is 5.28. The highest BCUT2D eigenvalue weighted by Gasteiger charge is 2.10. The molecule has 0 saturated carbocycles. The first-order valence-electron chi connectivity index (χ1n) is 4.76. The fourth-order valence-electron chi connectivity index (χ4n) is 0.878. The van der Waals surface area contributed by atoms with Crippen molar-refractivity contribution in [1.82, 2.24) is 0 Å². The van der Waals surface area contributed by atoms with Crippen molar-refractivity contribution in [3.8, 4) is 0 Å². The summed E-state index contributed by atoms with van der Waals surface area (Å²) in [5.41, 5.74) is 5.64. The molecule has 5 nitrogen and oxygen atoms in total. The van der Waals surface area contributed by atoms with Gasteiger partial charge in [-0.05, 0) is 26.2 Å². The van der Waals surface area contributed by atoms with Gasteiger partial charge in [-0.3, -0.25) is 4.79 Å². The molecular formula is C10H17NO4. The second-order valence-corrected chi connectivity index (χ2v) is 3.36. The van der Waals surface area contributed by atoms with Crippen LogP contribution < -0.4 is 5.73 Å². The zero-order valence-electron chi connectivity index (χ0n) is 8.86. The summed E-state index contributed by atoms with van der Waals surface area (Å²) < 4.78 is 4.82. The topological polar surface area (TPSA) is 89.6 Å². The number of hydrogen-bond donors (Lipinski definition) is 2. The molecule has 0 amide bonds. The van der Waals surface area contributed by atoms with Crippen molar-refractivity contribution in [2.75, 3.05) is 6.61 Å². The van der Waals surface area contributed by atoms with E-state index in [9.17, 15) is 9.59 Å². The van der Waals surface area contributed by atoms with Crippen LogP contribution in [0.5, 0.6) is 0 Å². The highest BCUT2D eigenvalue weighted by molar-refractivity contribution is 5.86. The average molecular weight is 215 g/mol. The van der Waals surface area contributed by atoms with E-state index in [0.717, 1.165) is 0 Å². The van der Waals surface area contributed by atoms with E-state index in [1.807, 2.05) is 0 Å². The maximum Gasteiger partial charge on any atom is 0.333 e. The van der Waals surface area contributed by atoms with Crippen LogP contribution in [0, 0.1) is 0 Å². The van der Waals surface area contributed by atoms with Crippen molar-refractivity contribution < 1.29 is 19.4 Å². The smallest absolute Gasteiger partial charge is 0.333 e. The Bertz CT molecular complexity index is 250. The third kappa shape index (κ3) is 6.68. The van der Waals surface area contributed by atoms with E-state index in [-0.39, 0.29) is 6.61 Å². The minimum Gasteiger partial charge on any atom is -0.480 e. The van der Waals surface area contributed by atoms with E-state index < -0.39 is 18.0 Å². The van der Waals surface area contributed by atoms with Crippen LogP contribution in [0.25, 0.3) is 0 Å². The Hall–Kier alpha value is -1.36. The average Bonchev–Trinajstić information content (AvgIpc) is 2.16. The van der Waals surface area contributed by atoms with Crippen LogP contribution in [0.4, 0.5) is 0 Å². The molecular weight excluding hydrogens is 198 g/mol. The van der Waals surface area contributed by atoms with Gasteiger partial charge in [-0.25, -0.2) is 4.79 Å². The summed E-state index contributed by atoms with van der Waals surface area (Å²) in [4.78, 5) is 21.2. The van der Waals surface area contributed by atoms with Gasteiger partial charge in [-0.15, -0.1) is 0 Å². The van der Waals surface area contributed by atoms with Gasteiger partial charge in [0.05, 0.1) is 6.61 Å². The number of unbranched alkanes of at least 4 members (excludes halogenated alkanes) is 1. The normalized spacial score (nSPS) is 11.9. The maximum absolute atomic E-state index is 10.9. The summed E-state index contributed by atoms with van der Waals surface area (Å²) in [6, 6.07) is -0.832. The summed E-state index contributed by atoms with van der Waals surface area (Å²) >= 11 is 0. The molecule has 1 unspecified atom stereocenters. The molecule has 0 aromatic heterocycles. The summed E-state index contributed by atoms with van der Waals surface area (Å²) in [5, 5.41) is 8.48. The largest absolute Gasteiger partial charge is 0.480 e. The minimum absolute atomic E-state index is 0.276. The lowest BCUT2D eigenvalue weighted by Crippen LogP contribution is -2.29. The summed E-state index contributed by atoms with van der Waals surface area (Å²) in [5.74, 6) is -1.42. The molecule has 15 heavy (non-hydrogen) atoms. The van der Waals surface area contributed by atoms with Crippen molar-refractivity contribution in [3.63, 3.8) is 0 Å². The van der Waals surface area contributed by atoms with E-state index in [4.69, 9.17) is 15.6 Å². The van der Waals surface area contributed by atoms with Crippen LogP contribution in [0.1, 0.15) is 26.2 Å². The Labute approximate surface area is 88.9 Å². The summed E-state index contributed by atoms with van der Waals surface area (Å²) in [6.07, 6.45) is 1.62. The Morgan fingerprint density at radius 1 is 1.47 bits per heavy atom. The van der Waals surface area contributed by atoms with Crippen molar-refractivity contribution in [2.45, 2.75) is 32.2 Å². The number of carboxylic acid groups (broad SMARTS) is 1. The Morgan fingerprint density at radius 3 is 2.53 bits per heavy atom. The molecule has 86 valence electrons. The quantitative estimate of drug-likeness (QED) is 0.370. The predicted octanol–water partition coefficient (Wildman–Crippen LogP) is 0.688. The molecule has 0 rings (SSSR count). The number of aliphatic carboxylic acids is 1. The Kier molecular flexibility index (Phi) is 6.37. The van der Waals surface area contributed by atoms with Gasteiger partial charge in [0.1, 0.15) is 6.04 Å². The number of rotatable bonds is 7. The molecule has 0 fully saturated rings. The van der Waals surface area contributed by atoms with E-state index in [0.29, 0.717) is 24.8 Å². The van der Waals surface area contributed by atoms with E-state index in [1.54, 1.807) is 6.92 Å². The monoisotopic (exact) mass is 215 g/mol. The lowest BCUT2D eigenvalue weighted by molar-refractivity contribution is -0.140. The number of carbonyl (C=O) groups excluding carboxylic acids is 1. The highest BCUT2D eigenvalue weighted by Crippen LogP contribution is 2.01. The molecule has 0 aromatic carbocycles. The number of carbonyl (C=O) groups is 2. The van der Waals surface area contributed by atoms with Crippen molar-refractivity contribution in [2.24, 2.45) is 5.73 Å². The maximum atomic E-state index is 10.9. The molecule has 1 atom stereocenters. The number of carboxylic acids is 1. The second kappa shape index (κ2) is 7.00. The van der Waals surface area contributed by atoms with Crippen molar-refractivity contribution >= 4 is 11.9 Å². The first-order valence-corrected chi connectivity index (χ1v) is 4.76. The molecule has 0 heterocycles. The fraction of sp³-hybridized carbons (Fsp3) is 0.600. The van der Waals surface area contributed by atoms with Gasteiger partial charge >= 0.3 is 11.9 Å². The molecule has 0 saturated heterocycles. The van der Waals surface area contributed by atoms with Crippen LogP contribution in [0.3, 0.4) is 0 Å². The van der Waals surface area contributed by atoms with Crippen LogP contribution in [0.15, 0.2) is 12.2 Å². The van der Waals surface area contributed by atoms with Gasteiger partial charge in [0.15, 0.2) is 0 Å². The van der Waals surface area contributed by atoms with Gasteiger partial charge in [-0.2, -0.15) is 0 Å². The minimum atomic E-state index is -1.01. The lowest BCUT2D eigenvalue weighted by atomic mass is 10.1. The SMILES string of the molecule is C=C(C)C(=O)OCCCCC(N)C(=O)O. The van der Waals surface area contributed by atoms with Gasteiger partial charge in [-0.1, -0.05) is 6.58 Å². The molecule has 0 aliphatic rings. The second-order valence-electron chi connectivity index (χ2n) is 3.36. The number of ether oxygens (including phenoxy) is 1. The molecule has 0 bridgehead atoms. The molecule has 0 radical (unpaired) electrons. The van der Waals surface area contributed by atoms with Crippen LogP contribution in [0.2, 0.25) is 0 Å². The Morgan fingerprint density at radius 2 is 2.07 bits per heavy atom. The lowest BCUT2D eigenvalue weighted by Gasteiger charge is -2.06. The van der Waals surface area contributed by atoms with Crippen molar-refractivity contribution in [3.05, 3.63) is 12.2 Å². The van der Waals surface area contributed by atoms with E-state index >= 15 is 0 Å². The van der Waals surface area contributed by atoms with E-state index in [2.05, 4.69) is 6.58 Å². The van der Waals surface area contributed by atoms with E-state index in [1.165, 1.54) is 0 Å².